The molecule has 0 aliphatic heterocycles. The molecule has 0 spiro atoms. The van der Waals surface area contributed by atoms with E-state index in [2.05, 4.69) is 15.4 Å². The largest absolute Gasteiger partial charge is 0.497 e. The number of hydrogen-bond acceptors (Lipinski definition) is 5. The van der Waals surface area contributed by atoms with E-state index in [9.17, 15) is 22.4 Å². The van der Waals surface area contributed by atoms with Crippen LogP contribution in [0.4, 0.5) is 21.5 Å². The number of anilines is 3. The number of sulfonamides is 1. The van der Waals surface area contributed by atoms with Crippen molar-refractivity contribution < 1.29 is 27.1 Å². The molecule has 0 aromatic heterocycles. The van der Waals surface area contributed by atoms with Gasteiger partial charge in [-0.3, -0.25) is 14.3 Å². The maximum absolute atomic E-state index is 13.4. The Hall–Kier alpha value is -4.70. The molecular formula is C28H24FN3O5S. The number of halogens is 1. The number of hydrogen-bond donors (Lipinski definition) is 3. The van der Waals surface area contributed by atoms with E-state index >= 15 is 0 Å². The van der Waals surface area contributed by atoms with Crippen molar-refractivity contribution in [1.29, 1.82) is 0 Å². The minimum atomic E-state index is -4.08. The molecule has 4 rings (SSSR count). The van der Waals surface area contributed by atoms with Gasteiger partial charge in [0.1, 0.15) is 11.6 Å². The predicted octanol–water partition coefficient (Wildman–Crippen LogP) is 5.45. The molecule has 4 aromatic carbocycles. The van der Waals surface area contributed by atoms with Gasteiger partial charge >= 0.3 is 0 Å². The molecule has 4 aromatic rings. The van der Waals surface area contributed by atoms with Gasteiger partial charge in [0, 0.05) is 16.9 Å². The molecule has 0 saturated carbocycles. The van der Waals surface area contributed by atoms with Gasteiger partial charge in [0.2, 0.25) is 0 Å². The SMILES string of the molecule is COc1ccc(NC(=O)c2ccc(NC(=O)c3ccccc3NS(=O)(=O)c3ccc(F)cc3C)cc2)cc1. The minimum Gasteiger partial charge on any atom is -0.497 e. The van der Waals surface area contributed by atoms with Crippen molar-refractivity contribution in [2.24, 2.45) is 0 Å². The van der Waals surface area contributed by atoms with Crippen molar-refractivity contribution in [2.45, 2.75) is 11.8 Å². The van der Waals surface area contributed by atoms with E-state index < -0.39 is 21.7 Å². The van der Waals surface area contributed by atoms with E-state index in [1.807, 2.05) is 0 Å². The van der Waals surface area contributed by atoms with Gasteiger partial charge in [-0.1, -0.05) is 12.1 Å². The van der Waals surface area contributed by atoms with Crippen LogP contribution < -0.4 is 20.1 Å². The van der Waals surface area contributed by atoms with E-state index in [4.69, 9.17) is 4.74 Å². The first-order valence-electron chi connectivity index (χ1n) is 11.4. The fraction of sp³-hybridized carbons (Fsp3) is 0.0714. The minimum absolute atomic E-state index is 0.0595. The second-order valence-electron chi connectivity index (χ2n) is 8.28. The zero-order valence-corrected chi connectivity index (χ0v) is 21.3. The van der Waals surface area contributed by atoms with Crippen LogP contribution in [0.2, 0.25) is 0 Å². The summed E-state index contributed by atoms with van der Waals surface area (Å²) in [4.78, 5) is 25.4. The number of benzene rings is 4. The summed E-state index contributed by atoms with van der Waals surface area (Å²) >= 11 is 0. The number of amides is 2. The summed E-state index contributed by atoms with van der Waals surface area (Å²) in [7, 11) is -2.53. The Bertz CT molecular complexity index is 1590. The summed E-state index contributed by atoms with van der Waals surface area (Å²) in [5.41, 5.74) is 1.75. The van der Waals surface area contributed by atoms with Gasteiger partial charge in [0.15, 0.2) is 0 Å². The van der Waals surface area contributed by atoms with Crippen molar-refractivity contribution >= 4 is 38.9 Å². The lowest BCUT2D eigenvalue weighted by atomic mass is 10.1. The van der Waals surface area contributed by atoms with Crippen LogP contribution in [0.1, 0.15) is 26.3 Å². The molecule has 0 saturated heterocycles. The zero-order chi connectivity index (χ0) is 27.3. The van der Waals surface area contributed by atoms with Crippen molar-refractivity contribution in [1.82, 2.24) is 0 Å². The molecule has 0 bridgehead atoms. The van der Waals surface area contributed by atoms with Gasteiger partial charge in [0.05, 0.1) is 23.3 Å². The summed E-state index contributed by atoms with van der Waals surface area (Å²) < 4.78 is 46.8. The van der Waals surface area contributed by atoms with Gasteiger partial charge < -0.3 is 15.4 Å². The number of rotatable bonds is 8. The monoisotopic (exact) mass is 533 g/mol. The number of carbonyl (C=O) groups excluding carboxylic acids is 2. The first kappa shape index (κ1) is 26.4. The lowest BCUT2D eigenvalue weighted by molar-refractivity contribution is 0.102. The van der Waals surface area contributed by atoms with Crippen LogP contribution in [0.25, 0.3) is 0 Å². The topological polar surface area (TPSA) is 114 Å². The number of nitrogens with one attached hydrogen (secondary N) is 3. The molecule has 10 heteroatoms. The number of carbonyl (C=O) groups is 2. The molecule has 0 heterocycles. The average molecular weight is 534 g/mol. The Morgan fingerprint density at radius 1 is 0.789 bits per heavy atom. The van der Waals surface area contributed by atoms with E-state index in [1.54, 1.807) is 67.8 Å². The molecule has 38 heavy (non-hydrogen) atoms. The summed E-state index contributed by atoms with van der Waals surface area (Å²) in [6.45, 7) is 1.48. The zero-order valence-electron chi connectivity index (χ0n) is 20.5. The summed E-state index contributed by atoms with van der Waals surface area (Å²) in [5.74, 6) is -0.771. The lowest BCUT2D eigenvalue weighted by Crippen LogP contribution is -2.19. The van der Waals surface area contributed by atoms with Gasteiger partial charge in [-0.2, -0.15) is 0 Å². The van der Waals surface area contributed by atoms with E-state index in [1.165, 1.54) is 25.1 Å². The average Bonchev–Trinajstić information content (AvgIpc) is 2.89. The normalized spacial score (nSPS) is 10.9. The maximum Gasteiger partial charge on any atom is 0.262 e. The number of ether oxygens (including phenoxy) is 1. The Balaban J connectivity index is 1.46. The number of methoxy groups -OCH3 is 1. The van der Waals surface area contributed by atoms with Gasteiger partial charge in [0.25, 0.3) is 21.8 Å². The molecule has 0 unspecified atom stereocenters. The molecule has 0 aliphatic rings. The Labute approximate surface area is 219 Å². The first-order chi connectivity index (χ1) is 18.2. The van der Waals surface area contributed by atoms with Crippen molar-refractivity contribution in [3.63, 3.8) is 0 Å². The van der Waals surface area contributed by atoms with Crippen LogP contribution in [0.3, 0.4) is 0 Å². The molecular weight excluding hydrogens is 509 g/mol. The van der Waals surface area contributed by atoms with Crippen LogP contribution in [0.5, 0.6) is 5.75 Å². The first-order valence-corrected chi connectivity index (χ1v) is 12.9. The number of aryl methyl sites for hydroxylation is 1. The third-order valence-electron chi connectivity index (χ3n) is 5.60. The Morgan fingerprint density at radius 3 is 2.03 bits per heavy atom. The highest BCUT2D eigenvalue weighted by atomic mass is 32.2. The smallest absolute Gasteiger partial charge is 0.262 e. The van der Waals surface area contributed by atoms with Gasteiger partial charge in [-0.25, -0.2) is 12.8 Å². The van der Waals surface area contributed by atoms with Crippen LogP contribution >= 0.6 is 0 Å². The van der Waals surface area contributed by atoms with Crippen molar-refractivity contribution in [2.75, 3.05) is 22.5 Å². The van der Waals surface area contributed by atoms with Gasteiger partial charge in [-0.15, -0.1) is 0 Å². The highest BCUT2D eigenvalue weighted by Crippen LogP contribution is 2.24. The van der Waals surface area contributed by atoms with E-state index in [0.717, 1.165) is 12.1 Å². The molecule has 8 nitrogen and oxygen atoms in total. The highest BCUT2D eigenvalue weighted by molar-refractivity contribution is 7.92. The van der Waals surface area contributed by atoms with Crippen molar-refractivity contribution in [3.8, 4) is 5.75 Å². The molecule has 194 valence electrons. The second kappa shape index (κ2) is 11.1. The quantitative estimate of drug-likeness (QED) is 0.279. The molecule has 0 radical (unpaired) electrons. The predicted molar refractivity (Wildman–Crippen MR) is 144 cm³/mol. The maximum atomic E-state index is 13.4. The number of para-hydroxylation sites is 1. The standard InChI is InChI=1S/C28H24FN3O5S/c1-18-17-20(29)9-16-26(18)38(35,36)32-25-6-4-3-5-24(25)28(34)31-21-10-7-19(8-11-21)27(33)30-22-12-14-23(37-2)15-13-22/h3-17,32H,1-2H3,(H,30,33)(H,31,34). The molecule has 2 amide bonds. The Morgan fingerprint density at radius 2 is 1.39 bits per heavy atom. The summed E-state index contributed by atoms with van der Waals surface area (Å²) in [6, 6.07) is 22.6. The van der Waals surface area contributed by atoms with Crippen LogP contribution in [0, 0.1) is 12.7 Å². The lowest BCUT2D eigenvalue weighted by Gasteiger charge is -2.14. The summed E-state index contributed by atoms with van der Waals surface area (Å²) in [5, 5.41) is 5.48. The van der Waals surface area contributed by atoms with Crippen LogP contribution in [-0.4, -0.2) is 27.3 Å². The van der Waals surface area contributed by atoms with E-state index in [-0.39, 0.29) is 27.6 Å². The third-order valence-corrected chi connectivity index (χ3v) is 7.12. The molecule has 3 N–H and O–H groups in total. The van der Waals surface area contributed by atoms with Crippen LogP contribution in [-0.2, 0) is 10.0 Å². The fourth-order valence-electron chi connectivity index (χ4n) is 3.67. The third kappa shape index (κ3) is 6.16. The molecule has 0 aliphatic carbocycles. The van der Waals surface area contributed by atoms with Gasteiger partial charge in [-0.05, 0) is 91.3 Å². The fourth-order valence-corrected chi connectivity index (χ4v) is 4.97. The van der Waals surface area contributed by atoms with Crippen molar-refractivity contribution in [3.05, 3.63) is 114 Å². The van der Waals surface area contributed by atoms with Crippen LogP contribution in [0.15, 0.2) is 95.9 Å². The Kier molecular flexibility index (Phi) is 7.73. The van der Waals surface area contributed by atoms with E-state index in [0.29, 0.717) is 22.7 Å². The highest BCUT2D eigenvalue weighted by Gasteiger charge is 2.21. The second-order valence-corrected chi connectivity index (χ2v) is 9.93. The summed E-state index contributed by atoms with van der Waals surface area (Å²) in [6.07, 6.45) is 0. The molecule has 0 atom stereocenters. The molecule has 0 fully saturated rings.